The number of hydrogen-bond acceptors (Lipinski definition) is 1. The molecule has 0 aliphatic rings. The Balaban J connectivity index is 3.92. The molecule has 0 radical (unpaired) electrons. The molecule has 0 fully saturated rings. The third-order valence-electron chi connectivity index (χ3n) is 6.91. The zero-order chi connectivity index (χ0) is 23.5. The van der Waals surface area contributed by atoms with Crippen LogP contribution in [0.25, 0.3) is 0 Å². The number of nitrogens with zero attached hydrogens (tertiary/aromatic N) is 1. The average Bonchev–Trinajstić information content (AvgIpc) is 2.80. The maximum Gasteiger partial charge on any atom is 0.222 e. The molecule has 0 aliphatic carbocycles. The summed E-state index contributed by atoms with van der Waals surface area (Å²) in [6.07, 6.45) is 31.3. The van der Waals surface area contributed by atoms with Crippen LogP contribution in [0, 0.1) is 0 Å². The molecule has 2 heteroatoms. The molecule has 0 aromatic heterocycles. The second kappa shape index (κ2) is 26.7. The molecule has 0 heterocycles. The third kappa shape index (κ3) is 22.7. The van der Waals surface area contributed by atoms with Gasteiger partial charge in [-0.1, -0.05) is 149 Å². The molecule has 0 N–H and O–H groups in total. The Kier molecular flexibility index (Phi) is 26.3. The minimum Gasteiger partial charge on any atom is -0.343 e. The van der Waals surface area contributed by atoms with E-state index in [1.165, 1.54) is 141 Å². The highest BCUT2D eigenvalue weighted by Gasteiger charge is 2.12. The summed E-state index contributed by atoms with van der Waals surface area (Å²) in [4.78, 5) is 15.1. The van der Waals surface area contributed by atoms with Crippen LogP contribution in [-0.2, 0) is 4.79 Å². The molecule has 0 atom stereocenters. The van der Waals surface area contributed by atoms with Gasteiger partial charge in [-0.3, -0.25) is 4.79 Å². The normalized spacial score (nSPS) is 11.2. The smallest absolute Gasteiger partial charge is 0.222 e. The van der Waals surface area contributed by atoms with Crippen LogP contribution >= 0.6 is 0 Å². The number of carbonyl (C=O) groups is 1. The van der Waals surface area contributed by atoms with E-state index in [0.29, 0.717) is 5.91 Å². The van der Waals surface area contributed by atoms with E-state index in [1.54, 1.807) is 0 Å². The number of hydrogen-bond donors (Lipinski definition) is 0. The Hall–Kier alpha value is -0.530. The van der Waals surface area contributed by atoms with Gasteiger partial charge in [0.25, 0.3) is 0 Å². The minimum atomic E-state index is 0.433. The van der Waals surface area contributed by atoms with E-state index in [-0.39, 0.29) is 0 Å². The van der Waals surface area contributed by atoms with Gasteiger partial charge in [0.05, 0.1) is 0 Å². The topological polar surface area (TPSA) is 20.3 Å². The fraction of sp³-hybridized carbons (Fsp3) is 0.967. The van der Waals surface area contributed by atoms with Crippen molar-refractivity contribution in [3.05, 3.63) is 0 Å². The predicted octanol–water partition coefficient (Wildman–Crippen LogP) is 10.2. The maximum absolute atomic E-state index is 12.9. The lowest BCUT2D eigenvalue weighted by Gasteiger charge is -2.23. The van der Waals surface area contributed by atoms with Crippen molar-refractivity contribution in [1.82, 2.24) is 4.90 Å². The number of unbranched alkanes of at least 4 members (excludes halogenated alkanes) is 20. The fourth-order valence-corrected chi connectivity index (χ4v) is 4.63. The first-order valence-electron chi connectivity index (χ1n) is 15.0. The Morgan fingerprint density at radius 2 is 0.688 bits per heavy atom. The minimum absolute atomic E-state index is 0.433. The summed E-state index contributed by atoms with van der Waals surface area (Å²) in [5.41, 5.74) is 0. The van der Waals surface area contributed by atoms with Gasteiger partial charge in [-0.2, -0.15) is 0 Å². The van der Waals surface area contributed by atoms with Gasteiger partial charge in [0.15, 0.2) is 0 Å². The van der Waals surface area contributed by atoms with Crippen LogP contribution in [0.4, 0.5) is 0 Å². The van der Waals surface area contributed by atoms with Gasteiger partial charge in [0, 0.05) is 19.5 Å². The van der Waals surface area contributed by atoms with Crippen LogP contribution in [0.5, 0.6) is 0 Å². The van der Waals surface area contributed by atoms with Gasteiger partial charge < -0.3 is 4.90 Å². The van der Waals surface area contributed by atoms with Crippen molar-refractivity contribution >= 4 is 5.91 Å². The van der Waals surface area contributed by atoms with Crippen molar-refractivity contribution in [2.45, 2.75) is 175 Å². The molecule has 0 aromatic rings. The Labute approximate surface area is 203 Å². The van der Waals surface area contributed by atoms with Crippen LogP contribution < -0.4 is 0 Å². The molecule has 0 bridgehead atoms. The highest BCUT2D eigenvalue weighted by atomic mass is 16.2. The van der Waals surface area contributed by atoms with Gasteiger partial charge in [0.2, 0.25) is 5.91 Å². The van der Waals surface area contributed by atoms with E-state index >= 15 is 0 Å². The standard InChI is InChI=1S/C30H61NO/c1-4-7-10-13-16-17-18-19-20-21-24-27-30(32)31(28-25-22-14-11-8-5-2)29-26-23-15-12-9-6-3/h4-29H2,1-3H3. The van der Waals surface area contributed by atoms with Gasteiger partial charge in [-0.15, -0.1) is 0 Å². The summed E-state index contributed by atoms with van der Waals surface area (Å²) < 4.78 is 0. The summed E-state index contributed by atoms with van der Waals surface area (Å²) in [6.45, 7) is 8.83. The van der Waals surface area contributed by atoms with E-state index in [0.717, 1.165) is 25.9 Å². The number of rotatable bonds is 26. The van der Waals surface area contributed by atoms with Crippen molar-refractivity contribution in [2.24, 2.45) is 0 Å². The number of amides is 1. The van der Waals surface area contributed by atoms with Gasteiger partial charge in [-0.25, -0.2) is 0 Å². The Bertz CT molecular complexity index is 352. The SMILES string of the molecule is CCCCCCCCCCCCCC(=O)N(CCCCCCCC)CCCCCCCC. The summed E-state index contributed by atoms with van der Waals surface area (Å²) >= 11 is 0. The summed E-state index contributed by atoms with van der Waals surface area (Å²) in [6, 6.07) is 0. The largest absolute Gasteiger partial charge is 0.343 e. The molecular formula is C30H61NO. The highest BCUT2D eigenvalue weighted by Crippen LogP contribution is 2.14. The monoisotopic (exact) mass is 451 g/mol. The molecule has 0 saturated heterocycles. The number of carbonyl (C=O) groups excluding carboxylic acids is 1. The van der Waals surface area contributed by atoms with E-state index in [4.69, 9.17) is 0 Å². The third-order valence-corrected chi connectivity index (χ3v) is 6.91. The first-order chi connectivity index (χ1) is 15.8. The van der Waals surface area contributed by atoms with Gasteiger partial charge in [-0.05, 0) is 19.3 Å². The van der Waals surface area contributed by atoms with Crippen molar-refractivity contribution in [1.29, 1.82) is 0 Å². The summed E-state index contributed by atoms with van der Waals surface area (Å²) in [5.74, 6) is 0.433. The molecule has 32 heavy (non-hydrogen) atoms. The maximum atomic E-state index is 12.9. The van der Waals surface area contributed by atoms with Crippen molar-refractivity contribution in [3.8, 4) is 0 Å². The molecule has 192 valence electrons. The summed E-state index contributed by atoms with van der Waals surface area (Å²) in [5, 5.41) is 0. The van der Waals surface area contributed by atoms with Crippen LogP contribution in [0.15, 0.2) is 0 Å². The van der Waals surface area contributed by atoms with Crippen LogP contribution in [0.1, 0.15) is 175 Å². The van der Waals surface area contributed by atoms with E-state index < -0.39 is 0 Å². The molecule has 0 aliphatic heterocycles. The molecule has 0 spiro atoms. The lowest BCUT2D eigenvalue weighted by Crippen LogP contribution is -2.32. The molecule has 0 saturated carbocycles. The van der Waals surface area contributed by atoms with Crippen molar-refractivity contribution in [2.75, 3.05) is 13.1 Å². The van der Waals surface area contributed by atoms with E-state index in [2.05, 4.69) is 25.7 Å². The molecule has 1 amide bonds. The molecule has 0 rings (SSSR count). The van der Waals surface area contributed by atoms with Crippen molar-refractivity contribution in [3.63, 3.8) is 0 Å². The van der Waals surface area contributed by atoms with Crippen LogP contribution in [0.2, 0.25) is 0 Å². The zero-order valence-corrected chi connectivity index (χ0v) is 22.7. The fourth-order valence-electron chi connectivity index (χ4n) is 4.63. The summed E-state index contributed by atoms with van der Waals surface area (Å²) in [7, 11) is 0. The highest BCUT2D eigenvalue weighted by molar-refractivity contribution is 5.76. The lowest BCUT2D eigenvalue weighted by atomic mass is 10.0. The first kappa shape index (κ1) is 31.5. The van der Waals surface area contributed by atoms with Crippen LogP contribution in [0.3, 0.4) is 0 Å². The Morgan fingerprint density at radius 3 is 1.03 bits per heavy atom. The van der Waals surface area contributed by atoms with E-state index in [1.807, 2.05) is 0 Å². The molecule has 2 nitrogen and oxygen atoms in total. The zero-order valence-electron chi connectivity index (χ0n) is 22.7. The average molecular weight is 452 g/mol. The predicted molar refractivity (Wildman–Crippen MR) is 144 cm³/mol. The molecule has 0 unspecified atom stereocenters. The van der Waals surface area contributed by atoms with Crippen LogP contribution in [-0.4, -0.2) is 23.9 Å². The second-order valence-corrected chi connectivity index (χ2v) is 10.2. The molecular weight excluding hydrogens is 390 g/mol. The lowest BCUT2D eigenvalue weighted by molar-refractivity contribution is -0.131. The first-order valence-corrected chi connectivity index (χ1v) is 15.0. The quantitative estimate of drug-likeness (QED) is 0.120. The van der Waals surface area contributed by atoms with Gasteiger partial charge in [0.1, 0.15) is 0 Å². The van der Waals surface area contributed by atoms with E-state index in [9.17, 15) is 4.79 Å². The Morgan fingerprint density at radius 1 is 0.406 bits per heavy atom. The second-order valence-electron chi connectivity index (χ2n) is 10.2. The molecule has 0 aromatic carbocycles. The van der Waals surface area contributed by atoms with Crippen molar-refractivity contribution < 1.29 is 4.79 Å². The van der Waals surface area contributed by atoms with Gasteiger partial charge >= 0.3 is 0 Å².